The van der Waals surface area contributed by atoms with Crippen LogP contribution >= 0.6 is 0 Å². The molecule has 0 saturated carbocycles. The number of hydrogen-bond acceptors (Lipinski definition) is 6. The van der Waals surface area contributed by atoms with Gasteiger partial charge in [-0.25, -0.2) is 9.59 Å². The first kappa shape index (κ1) is 21.9. The average molecular weight is 420 g/mol. The zero-order valence-electron chi connectivity index (χ0n) is 17.4. The fourth-order valence-electron chi connectivity index (χ4n) is 3.10. The average Bonchev–Trinajstić information content (AvgIpc) is 2.77. The lowest BCUT2D eigenvalue weighted by Gasteiger charge is -2.26. The van der Waals surface area contributed by atoms with Crippen molar-refractivity contribution in [1.82, 2.24) is 0 Å². The number of ether oxygens (including phenoxy) is 2. The van der Waals surface area contributed by atoms with Crippen LogP contribution in [0.5, 0.6) is 11.5 Å². The number of carbonyl (C=O) groups excluding carboxylic acids is 2. The van der Waals surface area contributed by atoms with E-state index in [2.05, 4.69) is 13.8 Å². The summed E-state index contributed by atoms with van der Waals surface area (Å²) in [6.07, 6.45) is 0. The van der Waals surface area contributed by atoms with Gasteiger partial charge in [-0.2, -0.15) is 0 Å². The summed E-state index contributed by atoms with van der Waals surface area (Å²) in [5.41, 5.74) is 3.00. The summed E-state index contributed by atoms with van der Waals surface area (Å²) in [5.74, 6) is -0.241. The van der Waals surface area contributed by atoms with E-state index in [1.165, 1.54) is 0 Å². The second-order valence-corrected chi connectivity index (χ2v) is 7.57. The smallest absolute Gasteiger partial charge is 0.338 e. The van der Waals surface area contributed by atoms with Gasteiger partial charge in [0.05, 0.1) is 11.1 Å². The molecule has 0 aromatic heterocycles. The monoisotopic (exact) mass is 420 g/mol. The second kappa shape index (κ2) is 9.34. The molecular formula is C25H24O6. The van der Waals surface area contributed by atoms with Gasteiger partial charge in [0.15, 0.2) is 0 Å². The summed E-state index contributed by atoms with van der Waals surface area (Å²) in [7, 11) is 0. The zero-order chi connectivity index (χ0) is 22.4. The molecule has 0 saturated heterocycles. The van der Waals surface area contributed by atoms with Crippen LogP contribution < -0.4 is 0 Å². The van der Waals surface area contributed by atoms with Crippen molar-refractivity contribution in [1.29, 1.82) is 0 Å². The molecule has 0 spiro atoms. The van der Waals surface area contributed by atoms with Crippen molar-refractivity contribution in [3.63, 3.8) is 0 Å². The van der Waals surface area contributed by atoms with Crippen molar-refractivity contribution >= 4 is 11.9 Å². The fourth-order valence-corrected chi connectivity index (χ4v) is 3.10. The Hall–Kier alpha value is -3.80. The molecule has 0 unspecified atom stereocenters. The molecule has 0 fully saturated rings. The highest BCUT2D eigenvalue weighted by Gasteiger charge is 2.22. The van der Waals surface area contributed by atoms with Gasteiger partial charge in [0.1, 0.15) is 24.7 Å². The van der Waals surface area contributed by atoms with Crippen LogP contribution in [-0.4, -0.2) is 35.4 Å². The number of esters is 2. The maximum absolute atomic E-state index is 11.3. The van der Waals surface area contributed by atoms with E-state index < -0.39 is 11.9 Å². The van der Waals surface area contributed by atoms with E-state index in [0.717, 1.165) is 11.1 Å². The van der Waals surface area contributed by atoms with Gasteiger partial charge in [-0.15, -0.1) is 0 Å². The highest BCUT2D eigenvalue weighted by molar-refractivity contribution is 5.93. The number of fused-ring (bicyclic) bond motifs is 7. The van der Waals surface area contributed by atoms with E-state index >= 15 is 0 Å². The first-order valence-corrected chi connectivity index (χ1v) is 9.81. The Labute approximate surface area is 180 Å². The molecule has 2 aliphatic heterocycles. The molecule has 160 valence electrons. The van der Waals surface area contributed by atoms with Crippen molar-refractivity contribution in [2.75, 3.05) is 13.2 Å². The maximum atomic E-state index is 11.3. The summed E-state index contributed by atoms with van der Waals surface area (Å²) in [4.78, 5) is 22.5. The van der Waals surface area contributed by atoms with Crippen molar-refractivity contribution in [3.05, 3.63) is 95.1 Å². The molecule has 6 nitrogen and oxygen atoms in total. The normalized spacial score (nSPS) is 13.5. The van der Waals surface area contributed by atoms with E-state index in [0.29, 0.717) is 11.1 Å². The Bertz CT molecular complexity index is 950. The third-order valence-corrected chi connectivity index (χ3v) is 5.08. The van der Waals surface area contributed by atoms with Gasteiger partial charge in [-0.05, 0) is 59.7 Å². The highest BCUT2D eigenvalue weighted by atomic mass is 16.6. The quantitative estimate of drug-likeness (QED) is 0.596. The molecule has 3 aromatic rings. The number of phenolic OH excluding ortho intramolecular Hbond substituents is 2. The predicted molar refractivity (Wildman–Crippen MR) is 115 cm³/mol. The summed E-state index contributed by atoms with van der Waals surface area (Å²) < 4.78 is 9.66. The molecule has 0 amide bonds. The van der Waals surface area contributed by atoms with E-state index in [-0.39, 0.29) is 30.1 Å². The predicted octanol–water partition coefficient (Wildman–Crippen LogP) is 4.44. The van der Waals surface area contributed by atoms with Gasteiger partial charge in [-0.1, -0.05) is 38.1 Å². The van der Waals surface area contributed by atoms with Gasteiger partial charge in [0, 0.05) is 5.41 Å². The largest absolute Gasteiger partial charge is 0.508 e. The third kappa shape index (κ3) is 5.42. The van der Waals surface area contributed by atoms with Crippen LogP contribution in [-0.2, 0) is 14.9 Å². The van der Waals surface area contributed by atoms with Crippen LogP contribution in [0.25, 0.3) is 0 Å². The van der Waals surface area contributed by atoms with Gasteiger partial charge < -0.3 is 19.7 Å². The Kier molecular flexibility index (Phi) is 6.60. The Balaban J connectivity index is 0.000000179. The third-order valence-electron chi connectivity index (χ3n) is 5.08. The molecule has 5 rings (SSSR count). The van der Waals surface area contributed by atoms with Crippen molar-refractivity contribution < 1.29 is 29.3 Å². The van der Waals surface area contributed by atoms with Crippen LogP contribution in [0, 0.1) is 0 Å². The highest BCUT2D eigenvalue weighted by Crippen LogP contribution is 2.32. The molecule has 31 heavy (non-hydrogen) atoms. The first-order valence-electron chi connectivity index (χ1n) is 9.81. The number of carbonyl (C=O) groups is 2. The van der Waals surface area contributed by atoms with Crippen molar-refractivity contribution in [3.8, 4) is 11.5 Å². The molecule has 2 heterocycles. The van der Waals surface area contributed by atoms with E-state index in [1.54, 1.807) is 48.5 Å². The summed E-state index contributed by atoms with van der Waals surface area (Å²) in [6, 6.07) is 20.6. The topological polar surface area (TPSA) is 93.1 Å². The Morgan fingerprint density at radius 2 is 0.935 bits per heavy atom. The lowest BCUT2D eigenvalue weighted by atomic mass is 9.78. The molecule has 2 N–H and O–H groups in total. The molecule has 3 aromatic carbocycles. The van der Waals surface area contributed by atoms with Gasteiger partial charge in [0.2, 0.25) is 0 Å². The van der Waals surface area contributed by atoms with Crippen LogP contribution in [0.3, 0.4) is 0 Å². The molecule has 0 aliphatic carbocycles. The minimum Gasteiger partial charge on any atom is -0.508 e. The fraction of sp³-hybridized carbons (Fsp3) is 0.200. The summed E-state index contributed by atoms with van der Waals surface area (Å²) in [5, 5.41) is 18.6. The van der Waals surface area contributed by atoms with Crippen molar-refractivity contribution in [2.24, 2.45) is 0 Å². The van der Waals surface area contributed by atoms with E-state index in [4.69, 9.17) is 9.47 Å². The minimum atomic E-state index is -0.394. The van der Waals surface area contributed by atoms with Crippen LogP contribution in [0.1, 0.15) is 45.7 Å². The molecule has 6 heteroatoms. The maximum Gasteiger partial charge on any atom is 0.338 e. The Morgan fingerprint density at radius 1 is 0.613 bits per heavy atom. The molecule has 0 radical (unpaired) electrons. The summed E-state index contributed by atoms with van der Waals surface area (Å²) >= 11 is 0. The molecule has 0 atom stereocenters. The van der Waals surface area contributed by atoms with Crippen LogP contribution in [0.15, 0.2) is 72.8 Å². The van der Waals surface area contributed by atoms with Crippen LogP contribution in [0.2, 0.25) is 0 Å². The Morgan fingerprint density at radius 3 is 1.26 bits per heavy atom. The van der Waals surface area contributed by atoms with Crippen LogP contribution in [0.4, 0.5) is 0 Å². The summed E-state index contributed by atoms with van der Waals surface area (Å²) in [6.45, 7) is 4.43. The van der Waals surface area contributed by atoms with E-state index in [1.807, 2.05) is 24.3 Å². The van der Waals surface area contributed by atoms with Gasteiger partial charge in [-0.3, -0.25) is 0 Å². The lowest BCUT2D eigenvalue weighted by molar-refractivity contribution is 0.0260. The number of phenols is 2. The minimum absolute atomic E-state index is 0.100. The molecule has 2 aliphatic rings. The number of rotatable bonds is 2. The standard InChI is InChI=1S/C15H16O2.C10H8O4/c1-15(2,11-3-7-13(16)8-4-11)12-5-9-14(17)10-6-12;11-9-7-1-2-8(4-3-7)10(12)14-6-5-13-9/h3-10,16-17H,1-2H3;1-4H,5-6H2. The number of hydrogen-bond donors (Lipinski definition) is 2. The number of benzene rings is 3. The van der Waals surface area contributed by atoms with Gasteiger partial charge in [0.25, 0.3) is 0 Å². The number of aromatic hydroxyl groups is 2. The zero-order valence-corrected chi connectivity index (χ0v) is 17.4. The van der Waals surface area contributed by atoms with E-state index in [9.17, 15) is 19.8 Å². The second-order valence-electron chi connectivity index (χ2n) is 7.57. The molecule has 2 bridgehead atoms. The first-order chi connectivity index (χ1) is 14.8. The SMILES string of the molecule is CC(C)(c1ccc(O)cc1)c1ccc(O)cc1.O=C1OCCOC(=O)c2ccc1cc2. The lowest BCUT2D eigenvalue weighted by Crippen LogP contribution is -2.18. The van der Waals surface area contributed by atoms with Gasteiger partial charge >= 0.3 is 11.9 Å². The molecular weight excluding hydrogens is 396 g/mol. The van der Waals surface area contributed by atoms with Crippen molar-refractivity contribution in [2.45, 2.75) is 19.3 Å².